The van der Waals surface area contributed by atoms with Crippen molar-refractivity contribution in [3.8, 4) is 5.75 Å². The molecule has 0 radical (unpaired) electrons. The molecule has 106 valence electrons. The number of benzene rings is 1. The number of nitrogens with zero attached hydrogens (tertiary/aromatic N) is 1. The molecule has 1 unspecified atom stereocenters. The number of aliphatic carboxylic acids is 1. The molecule has 19 heavy (non-hydrogen) atoms. The second-order valence-corrected chi connectivity index (χ2v) is 5.62. The van der Waals surface area contributed by atoms with Crippen LogP contribution in [0.2, 0.25) is 0 Å². The quantitative estimate of drug-likeness (QED) is 0.889. The van der Waals surface area contributed by atoms with Gasteiger partial charge in [-0.15, -0.1) is 0 Å². The summed E-state index contributed by atoms with van der Waals surface area (Å²) < 4.78 is 5.24. The van der Waals surface area contributed by atoms with E-state index in [-0.39, 0.29) is 6.04 Å². The van der Waals surface area contributed by atoms with Gasteiger partial charge in [-0.1, -0.05) is 12.1 Å². The van der Waals surface area contributed by atoms with Crippen LogP contribution < -0.4 is 4.74 Å². The van der Waals surface area contributed by atoms with Gasteiger partial charge in [0.25, 0.3) is 0 Å². The monoisotopic (exact) mass is 265 g/mol. The van der Waals surface area contributed by atoms with E-state index in [2.05, 4.69) is 0 Å². The van der Waals surface area contributed by atoms with Gasteiger partial charge in [0.1, 0.15) is 5.75 Å². The molecule has 4 heteroatoms. The van der Waals surface area contributed by atoms with E-state index in [4.69, 9.17) is 4.74 Å². The fraction of sp³-hybridized carbons (Fsp3) is 0.533. The van der Waals surface area contributed by atoms with Crippen LogP contribution in [0.4, 0.5) is 0 Å². The van der Waals surface area contributed by atoms with Gasteiger partial charge in [0, 0.05) is 6.04 Å². The van der Waals surface area contributed by atoms with Crippen LogP contribution in [0.5, 0.6) is 5.75 Å². The summed E-state index contributed by atoms with van der Waals surface area (Å²) >= 11 is 0. The van der Waals surface area contributed by atoms with Crippen LogP contribution in [0.15, 0.2) is 18.2 Å². The highest BCUT2D eigenvalue weighted by atomic mass is 16.5. The molecule has 0 spiro atoms. The fourth-order valence-electron chi connectivity index (χ4n) is 2.55. The maximum Gasteiger partial charge on any atom is 0.311 e. The first-order valence-electron chi connectivity index (χ1n) is 6.26. The lowest BCUT2D eigenvalue weighted by molar-refractivity contribution is -0.150. The van der Waals surface area contributed by atoms with E-state index in [0.29, 0.717) is 0 Å². The van der Waals surface area contributed by atoms with E-state index in [0.717, 1.165) is 16.9 Å². The Bertz CT molecular complexity index is 466. The molecule has 1 rings (SSSR count). The van der Waals surface area contributed by atoms with Crippen molar-refractivity contribution in [3.63, 3.8) is 0 Å². The molecule has 1 aromatic rings. The van der Waals surface area contributed by atoms with Crippen molar-refractivity contribution in [3.05, 3.63) is 29.3 Å². The van der Waals surface area contributed by atoms with E-state index in [1.807, 2.05) is 44.1 Å². The molecule has 0 saturated carbocycles. The number of rotatable bonds is 5. The normalized spacial score (nSPS) is 13.4. The molecule has 1 aromatic carbocycles. The summed E-state index contributed by atoms with van der Waals surface area (Å²) in [5.41, 5.74) is 1.12. The molecule has 0 aliphatic carbocycles. The summed E-state index contributed by atoms with van der Waals surface area (Å²) in [4.78, 5) is 13.4. The lowest BCUT2D eigenvalue weighted by Gasteiger charge is -2.36. The average Bonchev–Trinajstić information content (AvgIpc) is 2.28. The summed E-state index contributed by atoms with van der Waals surface area (Å²) in [7, 11) is 5.43. The van der Waals surface area contributed by atoms with Crippen molar-refractivity contribution < 1.29 is 14.6 Å². The summed E-state index contributed by atoms with van der Waals surface area (Å²) in [5.74, 6) is 0.00839. The zero-order chi connectivity index (χ0) is 14.8. The molecule has 0 heterocycles. The van der Waals surface area contributed by atoms with Crippen LogP contribution in [0.25, 0.3) is 0 Å². The van der Waals surface area contributed by atoms with Crippen LogP contribution in [-0.2, 0) is 4.79 Å². The zero-order valence-corrected chi connectivity index (χ0v) is 12.5. The molecule has 1 N–H and O–H groups in total. The molecule has 0 aromatic heterocycles. The van der Waals surface area contributed by atoms with Crippen molar-refractivity contribution in [2.75, 3.05) is 21.2 Å². The minimum absolute atomic E-state index is 0.199. The zero-order valence-electron chi connectivity index (χ0n) is 12.5. The fourth-order valence-corrected chi connectivity index (χ4v) is 2.55. The number of ether oxygens (including phenoxy) is 1. The maximum absolute atomic E-state index is 11.5. The number of hydrogen-bond acceptors (Lipinski definition) is 3. The molecule has 0 aliphatic heterocycles. The van der Waals surface area contributed by atoms with E-state index < -0.39 is 11.4 Å². The third-order valence-electron chi connectivity index (χ3n) is 3.49. The molecule has 0 amide bonds. The molecule has 0 saturated heterocycles. The van der Waals surface area contributed by atoms with Crippen molar-refractivity contribution in [2.45, 2.75) is 26.8 Å². The van der Waals surface area contributed by atoms with Gasteiger partial charge in [0.2, 0.25) is 0 Å². The van der Waals surface area contributed by atoms with E-state index in [9.17, 15) is 9.90 Å². The second kappa shape index (κ2) is 5.61. The van der Waals surface area contributed by atoms with Crippen LogP contribution in [0, 0.1) is 12.3 Å². The van der Waals surface area contributed by atoms with Gasteiger partial charge >= 0.3 is 5.97 Å². The van der Waals surface area contributed by atoms with Crippen molar-refractivity contribution in [1.82, 2.24) is 4.90 Å². The maximum atomic E-state index is 11.5. The summed E-state index contributed by atoms with van der Waals surface area (Å²) in [6.45, 7) is 5.46. The van der Waals surface area contributed by atoms with Gasteiger partial charge in [-0.05, 0) is 52.1 Å². The van der Waals surface area contributed by atoms with Gasteiger partial charge in [-0.2, -0.15) is 0 Å². The van der Waals surface area contributed by atoms with Crippen molar-refractivity contribution in [2.24, 2.45) is 5.41 Å². The highest BCUT2D eigenvalue weighted by molar-refractivity contribution is 5.75. The smallest absolute Gasteiger partial charge is 0.311 e. The van der Waals surface area contributed by atoms with Gasteiger partial charge in [0.05, 0.1) is 12.5 Å². The molecule has 0 fully saturated rings. The Labute approximate surface area is 115 Å². The van der Waals surface area contributed by atoms with E-state index in [1.54, 1.807) is 21.0 Å². The largest absolute Gasteiger partial charge is 0.496 e. The van der Waals surface area contributed by atoms with Gasteiger partial charge in [-0.25, -0.2) is 0 Å². The number of carboxylic acid groups (broad SMARTS) is 1. The van der Waals surface area contributed by atoms with Crippen molar-refractivity contribution >= 4 is 5.97 Å². The second-order valence-electron chi connectivity index (χ2n) is 5.62. The van der Waals surface area contributed by atoms with Gasteiger partial charge in [-0.3, -0.25) is 4.79 Å². The topological polar surface area (TPSA) is 49.8 Å². The van der Waals surface area contributed by atoms with Crippen LogP contribution in [-0.4, -0.2) is 37.2 Å². The molecule has 0 bridgehead atoms. The highest BCUT2D eigenvalue weighted by Crippen LogP contribution is 2.38. The number of hydrogen-bond donors (Lipinski definition) is 1. The van der Waals surface area contributed by atoms with E-state index >= 15 is 0 Å². The number of aryl methyl sites for hydroxylation is 1. The predicted octanol–water partition coefficient (Wildman–Crippen LogP) is 2.72. The Hall–Kier alpha value is -1.55. The first kappa shape index (κ1) is 15.5. The van der Waals surface area contributed by atoms with Crippen LogP contribution in [0.1, 0.15) is 31.0 Å². The Balaban J connectivity index is 3.28. The Kier molecular flexibility index (Phi) is 4.58. The first-order chi connectivity index (χ1) is 8.71. The average molecular weight is 265 g/mol. The van der Waals surface area contributed by atoms with Gasteiger partial charge < -0.3 is 14.7 Å². The highest BCUT2D eigenvalue weighted by Gasteiger charge is 2.39. The Morgan fingerprint density at radius 3 is 2.32 bits per heavy atom. The molecule has 1 atom stereocenters. The molecular weight excluding hydrogens is 242 g/mol. The number of methoxy groups -OCH3 is 1. The molecule has 4 nitrogen and oxygen atoms in total. The summed E-state index contributed by atoms with van der Waals surface area (Å²) in [6.07, 6.45) is 0. The third-order valence-corrected chi connectivity index (χ3v) is 3.49. The first-order valence-corrected chi connectivity index (χ1v) is 6.26. The summed E-state index contributed by atoms with van der Waals surface area (Å²) in [5, 5.41) is 9.44. The SMILES string of the molecule is COc1ccc(C(N(C)C)C(C)(C)C(=O)O)cc1C. The number of carbonyl (C=O) groups is 1. The lowest BCUT2D eigenvalue weighted by atomic mass is 9.79. The Morgan fingerprint density at radius 1 is 1.37 bits per heavy atom. The van der Waals surface area contributed by atoms with Crippen molar-refractivity contribution in [1.29, 1.82) is 0 Å². The molecular formula is C15H23NO3. The standard InChI is InChI=1S/C15H23NO3/c1-10-9-11(7-8-12(10)19-6)13(16(4)5)15(2,3)14(17)18/h7-9,13H,1-6H3,(H,17,18). The minimum Gasteiger partial charge on any atom is -0.496 e. The Morgan fingerprint density at radius 2 is 1.95 bits per heavy atom. The third kappa shape index (κ3) is 3.07. The predicted molar refractivity (Wildman–Crippen MR) is 75.6 cm³/mol. The number of carboxylic acids is 1. The lowest BCUT2D eigenvalue weighted by Crippen LogP contribution is -2.39. The molecule has 0 aliphatic rings. The minimum atomic E-state index is -0.871. The van der Waals surface area contributed by atoms with Gasteiger partial charge in [0.15, 0.2) is 0 Å². The van der Waals surface area contributed by atoms with E-state index in [1.165, 1.54) is 0 Å². The van der Waals surface area contributed by atoms with Crippen LogP contribution in [0.3, 0.4) is 0 Å². The summed E-state index contributed by atoms with van der Waals surface area (Å²) in [6, 6.07) is 5.61. The van der Waals surface area contributed by atoms with Crippen LogP contribution >= 0.6 is 0 Å².